The number of rotatable bonds is 4. The van der Waals surface area contributed by atoms with Gasteiger partial charge < -0.3 is 9.84 Å². The average Bonchev–Trinajstić information content (AvgIpc) is 3.05. The molecule has 33 heavy (non-hydrogen) atoms. The number of aliphatic hydroxyl groups excluding tert-OH is 1. The number of hydrogen-bond donors (Lipinski definition) is 1. The van der Waals surface area contributed by atoms with Gasteiger partial charge in [-0.1, -0.05) is 46.9 Å². The van der Waals surface area contributed by atoms with Crippen molar-refractivity contribution in [2.45, 2.75) is 13.0 Å². The van der Waals surface area contributed by atoms with Crippen molar-refractivity contribution in [3.8, 4) is 5.75 Å². The Morgan fingerprint density at radius 2 is 1.82 bits per heavy atom. The molecule has 1 saturated heterocycles. The van der Waals surface area contributed by atoms with E-state index in [0.29, 0.717) is 22.0 Å². The number of halogens is 3. The van der Waals surface area contributed by atoms with Crippen molar-refractivity contribution in [2.24, 2.45) is 0 Å². The van der Waals surface area contributed by atoms with Gasteiger partial charge in [-0.05, 0) is 48.9 Å². The smallest absolute Gasteiger partial charge is 0.300 e. The number of anilines is 1. The van der Waals surface area contributed by atoms with Gasteiger partial charge in [0.15, 0.2) is 0 Å². The third-order valence-electron chi connectivity index (χ3n) is 5.31. The lowest BCUT2D eigenvalue weighted by atomic mass is 9.97. The van der Waals surface area contributed by atoms with Crippen molar-refractivity contribution in [3.63, 3.8) is 0 Å². The van der Waals surface area contributed by atoms with Crippen molar-refractivity contribution < 1.29 is 19.4 Å². The van der Waals surface area contributed by atoms with Crippen LogP contribution in [0.15, 0.2) is 60.3 Å². The number of carbonyl (C=O) groups excluding carboxylic acids is 2. The summed E-state index contributed by atoms with van der Waals surface area (Å²) < 4.78 is 5.33. The normalized spacial score (nSPS) is 17.5. The van der Waals surface area contributed by atoms with Gasteiger partial charge in [0.1, 0.15) is 17.6 Å². The zero-order valence-corrected chi connectivity index (χ0v) is 19.7. The first-order valence-corrected chi connectivity index (χ1v) is 10.9. The highest BCUT2D eigenvalue weighted by atomic mass is 35.5. The van der Waals surface area contributed by atoms with Crippen LogP contribution in [0.2, 0.25) is 15.1 Å². The first kappa shape index (κ1) is 23.1. The van der Waals surface area contributed by atoms with Gasteiger partial charge in [0.25, 0.3) is 11.7 Å². The number of ether oxygens (including phenoxy) is 1. The summed E-state index contributed by atoms with van der Waals surface area (Å²) in [5, 5.41) is 12.1. The number of benzene rings is 2. The largest absolute Gasteiger partial charge is 0.507 e. The van der Waals surface area contributed by atoms with E-state index >= 15 is 0 Å². The van der Waals surface area contributed by atoms with Crippen molar-refractivity contribution in [1.29, 1.82) is 0 Å². The van der Waals surface area contributed by atoms with E-state index in [2.05, 4.69) is 4.98 Å². The van der Waals surface area contributed by atoms with Crippen molar-refractivity contribution in [3.05, 3.63) is 92.2 Å². The number of nitrogens with zero attached hydrogens (tertiary/aromatic N) is 2. The molecule has 1 aromatic heterocycles. The fourth-order valence-corrected chi connectivity index (χ4v) is 4.57. The lowest BCUT2D eigenvalue weighted by Crippen LogP contribution is -2.30. The molecular formula is C24H17Cl3N2O4. The van der Waals surface area contributed by atoms with E-state index in [1.54, 1.807) is 43.3 Å². The van der Waals surface area contributed by atoms with Crippen LogP contribution in [0, 0.1) is 6.92 Å². The molecular weight excluding hydrogens is 487 g/mol. The van der Waals surface area contributed by atoms with Gasteiger partial charge in [-0.3, -0.25) is 19.5 Å². The minimum atomic E-state index is -1.02. The molecule has 0 spiro atoms. The minimum Gasteiger partial charge on any atom is -0.507 e. The van der Waals surface area contributed by atoms with Crippen molar-refractivity contribution in [1.82, 2.24) is 4.98 Å². The molecule has 1 atom stereocenters. The van der Waals surface area contributed by atoms with Crippen LogP contribution in [-0.4, -0.2) is 28.9 Å². The second-order valence-corrected chi connectivity index (χ2v) is 8.60. The van der Waals surface area contributed by atoms with Gasteiger partial charge in [0, 0.05) is 21.9 Å². The minimum absolute atomic E-state index is 0.0803. The van der Waals surface area contributed by atoms with Gasteiger partial charge in [-0.15, -0.1) is 0 Å². The summed E-state index contributed by atoms with van der Waals surface area (Å²) in [6, 6.07) is 12.0. The van der Waals surface area contributed by atoms with Gasteiger partial charge in [0.05, 0.1) is 29.0 Å². The molecule has 0 saturated carbocycles. The zero-order valence-electron chi connectivity index (χ0n) is 17.5. The Hall–Kier alpha value is -3.06. The first-order valence-electron chi connectivity index (χ1n) is 9.76. The Kier molecular flexibility index (Phi) is 6.34. The predicted molar refractivity (Wildman–Crippen MR) is 128 cm³/mol. The second kappa shape index (κ2) is 9.06. The maximum absolute atomic E-state index is 13.3. The third kappa shape index (κ3) is 4.06. The number of aryl methyl sites for hydroxylation is 1. The van der Waals surface area contributed by atoms with Crippen LogP contribution in [0.25, 0.3) is 5.76 Å². The van der Waals surface area contributed by atoms with Gasteiger partial charge in [-0.2, -0.15) is 0 Å². The number of amides is 1. The number of carbonyl (C=O) groups is 2. The van der Waals surface area contributed by atoms with Gasteiger partial charge in [0.2, 0.25) is 0 Å². The molecule has 0 radical (unpaired) electrons. The third-order valence-corrected chi connectivity index (χ3v) is 6.04. The summed E-state index contributed by atoms with van der Waals surface area (Å²) in [6.45, 7) is 1.79. The summed E-state index contributed by atoms with van der Waals surface area (Å²) in [6.07, 6.45) is 1.54. The molecule has 4 rings (SSSR count). The molecule has 1 fully saturated rings. The fraction of sp³-hybridized carbons (Fsp3) is 0.125. The number of aliphatic hydroxyl groups is 1. The Bertz CT molecular complexity index is 1310. The van der Waals surface area contributed by atoms with E-state index in [9.17, 15) is 14.7 Å². The average molecular weight is 504 g/mol. The van der Waals surface area contributed by atoms with E-state index in [1.807, 2.05) is 0 Å². The SMILES string of the molecule is COc1c(Cl)cc(Cl)cc1/C(O)=C1\C(=O)C(=O)N(c2cc(Cl)ccc2C)C1c1ccccn1. The summed E-state index contributed by atoms with van der Waals surface area (Å²) in [5.41, 5.74) is 1.43. The quantitative estimate of drug-likeness (QED) is 0.269. The van der Waals surface area contributed by atoms with Crippen LogP contribution in [0.5, 0.6) is 5.75 Å². The zero-order chi connectivity index (χ0) is 23.9. The molecule has 6 nitrogen and oxygen atoms in total. The highest BCUT2D eigenvalue weighted by Gasteiger charge is 2.48. The second-order valence-electron chi connectivity index (χ2n) is 7.32. The molecule has 1 N–H and O–H groups in total. The number of ketones is 1. The van der Waals surface area contributed by atoms with E-state index in [1.165, 1.54) is 30.3 Å². The van der Waals surface area contributed by atoms with Crippen molar-refractivity contribution >= 4 is 57.9 Å². The maximum atomic E-state index is 13.3. The van der Waals surface area contributed by atoms with Crippen molar-refractivity contribution in [2.75, 3.05) is 12.0 Å². The van der Waals surface area contributed by atoms with Crippen LogP contribution in [0.3, 0.4) is 0 Å². The Labute approximate surface area is 205 Å². The molecule has 0 aliphatic carbocycles. The van der Waals surface area contributed by atoms with E-state index in [4.69, 9.17) is 39.5 Å². The summed E-state index contributed by atoms with van der Waals surface area (Å²) in [7, 11) is 1.37. The number of hydrogen-bond acceptors (Lipinski definition) is 5. The van der Waals surface area contributed by atoms with E-state index in [0.717, 1.165) is 0 Å². The molecule has 2 heterocycles. The summed E-state index contributed by atoms with van der Waals surface area (Å²) in [5.74, 6) is -2.08. The Balaban J connectivity index is 2.03. The molecule has 0 bridgehead atoms. The standard InChI is InChI=1S/C24H17Cl3N2O4/c1-12-6-7-13(25)11-18(12)29-20(17-5-3-4-8-28-17)19(22(31)24(29)32)21(30)15-9-14(26)10-16(27)23(15)33-2/h3-11,20,30H,1-2H3/b21-19+. The van der Waals surface area contributed by atoms with Crippen LogP contribution < -0.4 is 9.64 Å². The Morgan fingerprint density at radius 1 is 1.06 bits per heavy atom. The molecule has 2 aromatic carbocycles. The highest BCUT2D eigenvalue weighted by molar-refractivity contribution is 6.52. The fourth-order valence-electron chi connectivity index (χ4n) is 3.83. The molecule has 1 unspecified atom stereocenters. The highest BCUT2D eigenvalue weighted by Crippen LogP contribution is 2.45. The molecule has 1 aliphatic heterocycles. The predicted octanol–water partition coefficient (Wildman–Crippen LogP) is 5.99. The van der Waals surface area contributed by atoms with Crippen LogP contribution in [-0.2, 0) is 9.59 Å². The van der Waals surface area contributed by atoms with Gasteiger partial charge >= 0.3 is 0 Å². The molecule has 3 aromatic rings. The number of Topliss-reactive ketones (excluding diaryl/α,β-unsaturated/α-hetero) is 1. The monoisotopic (exact) mass is 502 g/mol. The molecule has 168 valence electrons. The van der Waals surface area contributed by atoms with E-state index in [-0.39, 0.29) is 26.9 Å². The molecule has 1 amide bonds. The maximum Gasteiger partial charge on any atom is 0.300 e. The summed E-state index contributed by atoms with van der Waals surface area (Å²) >= 11 is 18.6. The van der Waals surface area contributed by atoms with E-state index < -0.39 is 23.5 Å². The van der Waals surface area contributed by atoms with Crippen LogP contribution in [0.1, 0.15) is 22.9 Å². The number of methoxy groups -OCH3 is 1. The molecule has 1 aliphatic rings. The van der Waals surface area contributed by atoms with Crippen LogP contribution in [0.4, 0.5) is 5.69 Å². The van der Waals surface area contributed by atoms with Gasteiger partial charge in [-0.25, -0.2) is 0 Å². The lowest BCUT2D eigenvalue weighted by Gasteiger charge is -2.26. The summed E-state index contributed by atoms with van der Waals surface area (Å²) in [4.78, 5) is 32.2. The van der Waals surface area contributed by atoms with Crippen LogP contribution >= 0.6 is 34.8 Å². The topological polar surface area (TPSA) is 79.7 Å². The Morgan fingerprint density at radius 3 is 2.48 bits per heavy atom. The number of pyridine rings is 1. The number of aromatic nitrogens is 1. The lowest BCUT2D eigenvalue weighted by molar-refractivity contribution is -0.132. The first-order chi connectivity index (χ1) is 15.7. The molecule has 9 heteroatoms.